The molecule has 17 nitrogen and oxygen atoms in total. The van der Waals surface area contributed by atoms with Gasteiger partial charge in [0.1, 0.15) is 17.3 Å². The molecule has 0 spiro atoms. The third-order valence-electron chi connectivity index (χ3n) is 10.1. The van der Waals surface area contributed by atoms with Crippen LogP contribution in [0.5, 0.6) is 11.5 Å². The number of nitrogens with one attached hydrogen (secondary N) is 1. The lowest BCUT2D eigenvalue weighted by atomic mass is 10.0. The number of nitrogen functional groups attached to an aromatic ring is 1. The molecular weight excluding hydrogens is 891 g/mol. The Balaban J connectivity index is 0.000000184. The molecule has 2 atom stereocenters. The number of alkyl halides is 6. The molecule has 4 aromatic heterocycles. The minimum absolute atomic E-state index is 0.0117. The van der Waals surface area contributed by atoms with Gasteiger partial charge in [-0.3, -0.25) is 9.59 Å². The van der Waals surface area contributed by atoms with Crippen molar-refractivity contribution < 1.29 is 50.5 Å². The SMILES string of the molecule is Nc1ccc(N2CC[C@@H](Cc3cccnn3)C2)nn1.O=C(Cc1ccccc1OC(F)(F)F)Nc1ccc(N2CC[C@@H](Cc3cccnn3)C2)nn1.O=C(O)Cc1ccccc1OC(F)(F)F. The van der Waals surface area contributed by atoms with Gasteiger partial charge in [-0.1, -0.05) is 36.4 Å². The lowest BCUT2D eigenvalue weighted by molar-refractivity contribution is -0.275. The summed E-state index contributed by atoms with van der Waals surface area (Å²) in [6, 6.07) is 25.5. The molecule has 0 aliphatic carbocycles. The Morgan fingerprint density at radius 2 is 1.12 bits per heavy atom. The molecule has 1 amide bonds. The Morgan fingerprint density at radius 1 is 0.627 bits per heavy atom. The van der Waals surface area contributed by atoms with Crippen LogP contribution in [0.1, 0.15) is 35.4 Å². The highest BCUT2D eigenvalue weighted by Gasteiger charge is 2.33. The van der Waals surface area contributed by atoms with Crippen LogP contribution in [0.4, 0.5) is 49.6 Å². The molecule has 6 heterocycles. The van der Waals surface area contributed by atoms with Gasteiger partial charge in [-0.15, -0.1) is 46.7 Å². The molecule has 6 aromatic rings. The van der Waals surface area contributed by atoms with E-state index in [-0.39, 0.29) is 23.4 Å². The van der Waals surface area contributed by atoms with Crippen LogP contribution in [0.25, 0.3) is 0 Å². The number of carbonyl (C=O) groups is 2. The second-order valence-electron chi connectivity index (χ2n) is 15.2. The Bertz CT molecular complexity index is 2490. The second kappa shape index (κ2) is 22.9. The summed E-state index contributed by atoms with van der Waals surface area (Å²) in [6.45, 7) is 3.63. The van der Waals surface area contributed by atoms with Crippen LogP contribution in [-0.4, -0.2) is 96.7 Å². The van der Waals surface area contributed by atoms with Crippen molar-refractivity contribution in [2.24, 2.45) is 11.8 Å². The summed E-state index contributed by atoms with van der Waals surface area (Å²) < 4.78 is 81.0. The zero-order valence-electron chi connectivity index (χ0n) is 35.5. The van der Waals surface area contributed by atoms with Gasteiger partial charge in [-0.2, -0.15) is 20.4 Å². The fraction of sp³-hybridized carbons (Fsp3) is 0.318. The molecule has 0 unspecified atom stereocenters. The van der Waals surface area contributed by atoms with E-state index in [9.17, 15) is 35.9 Å². The van der Waals surface area contributed by atoms with Gasteiger partial charge < -0.3 is 35.4 Å². The molecule has 0 radical (unpaired) electrons. The fourth-order valence-electron chi connectivity index (χ4n) is 7.23. The van der Waals surface area contributed by atoms with Crippen molar-refractivity contribution in [3.05, 3.63) is 132 Å². The molecule has 0 bridgehead atoms. The molecule has 352 valence electrons. The summed E-state index contributed by atoms with van der Waals surface area (Å²) in [5.74, 6) is 0.660. The van der Waals surface area contributed by atoms with Gasteiger partial charge in [0, 0.05) is 49.7 Å². The van der Waals surface area contributed by atoms with Crippen molar-refractivity contribution in [2.75, 3.05) is 47.0 Å². The molecular formula is C44H44F6N12O5. The number of para-hydroxylation sites is 2. The first-order valence-electron chi connectivity index (χ1n) is 20.7. The predicted molar refractivity (Wildman–Crippen MR) is 231 cm³/mol. The highest BCUT2D eigenvalue weighted by atomic mass is 19.4. The number of nitrogens with zero attached hydrogens (tertiary/aromatic N) is 10. The summed E-state index contributed by atoms with van der Waals surface area (Å²) >= 11 is 0. The third-order valence-corrected chi connectivity index (χ3v) is 10.1. The number of hydrogen-bond acceptors (Lipinski definition) is 15. The minimum Gasteiger partial charge on any atom is -0.481 e. The lowest BCUT2D eigenvalue weighted by Crippen LogP contribution is -2.22. The number of nitrogens with two attached hydrogens (primary N) is 1. The van der Waals surface area contributed by atoms with Crippen LogP contribution in [0.15, 0.2) is 109 Å². The van der Waals surface area contributed by atoms with Gasteiger partial charge in [0.15, 0.2) is 17.5 Å². The van der Waals surface area contributed by atoms with Crippen molar-refractivity contribution in [1.29, 1.82) is 0 Å². The maximum absolute atomic E-state index is 12.6. The van der Waals surface area contributed by atoms with E-state index in [2.05, 4.69) is 65.4 Å². The van der Waals surface area contributed by atoms with Gasteiger partial charge in [-0.05, 0) is 98.2 Å². The molecule has 2 fully saturated rings. The summed E-state index contributed by atoms with van der Waals surface area (Å²) in [6.07, 6.45) is -3.16. The Hall–Kier alpha value is -7.72. The molecule has 23 heteroatoms. The Kier molecular flexibility index (Phi) is 16.7. The number of hydrogen-bond donors (Lipinski definition) is 3. The molecule has 4 N–H and O–H groups in total. The number of carboxylic acid groups (broad SMARTS) is 1. The van der Waals surface area contributed by atoms with Crippen molar-refractivity contribution in [3.8, 4) is 11.5 Å². The maximum Gasteiger partial charge on any atom is 0.573 e. The van der Waals surface area contributed by atoms with E-state index in [0.29, 0.717) is 23.5 Å². The van der Waals surface area contributed by atoms with Crippen LogP contribution >= 0.6 is 0 Å². The minimum atomic E-state index is -4.84. The first-order chi connectivity index (χ1) is 32.0. The van der Waals surface area contributed by atoms with E-state index < -0.39 is 42.5 Å². The van der Waals surface area contributed by atoms with E-state index in [1.54, 1.807) is 30.6 Å². The third kappa shape index (κ3) is 16.3. The topological polar surface area (TPSA) is 220 Å². The molecule has 8 rings (SSSR count). The lowest BCUT2D eigenvalue weighted by Gasteiger charge is -2.17. The van der Waals surface area contributed by atoms with Crippen molar-refractivity contribution >= 4 is 35.1 Å². The number of benzene rings is 2. The number of aromatic nitrogens is 8. The van der Waals surface area contributed by atoms with Crippen LogP contribution in [0, 0.1) is 11.8 Å². The van der Waals surface area contributed by atoms with Crippen molar-refractivity contribution in [3.63, 3.8) is 0 Å². The molecule has 2 aliphatic heterocycles. The largest absolute Gasteiger partial charge is 0.573 e. The molecule has 67 heavy (non-hydrogen) atoms. The molecule has 2 aliphatic rings. The molecule has 0 saturated carbocycles. The second-order valence-corrected chi connectivity index (χ2v) is 15.2. The van der Waals surface area contributed by atoms with Gasteiger partial charge in [0.05, 0.1) is 24.2 Å². The summed E-state index contributed by atoms with van der Waals surface area (Å²) in [5.41, 5.74) is 7.66. The smallest absolute Gasteiger partial charge is 0.481 e. The zero-order chi connectivity index (χ0) is 47.8. The average Bonchev–Trinajstić information content (AvgIpc) is 3.96. The van der Waals surface area contributed by atoms with Gasteiger partial charge in [0.25, 0.3) is 0 Å². The number of carboxylic acids is 1. The maximum atomic E-state index is 12.6. The van der Waals surface area contributed by atoms with Crippen LogP contribution in [-0.2, 0) is 35.3 Å². The highest BCUT2D eigenvalue weighted by molar-refractivity contribution is 5.91. The number of carbonyl (C=O) groups excluding carboxylic acids is 1. The van der Waals surface area contributed by atoms with E-state index >= 15 is 0 Å². The predicted octanol–water partition coefficient (Wildman–Crippen LogP) is 6.55. The molecule has 2 saturated heterocycles. The first-order valence-corrected chi connectivity index (χ1v) is 20.7. The normalized spacial score (nSPS) is 15.7. The Labute approximate surface area is 379 Å². The number of aliphatic carboxylic acids is 1. The molecule has 2 aromatic carbocycles. The van der Waals surface area contributed by atoms with Crippen molar-refractivity contribution in [1.82, 2.24) is 40.8 Å². The number of anilines is 4. The van der Waals surface area contributed by atoms with E-state index in [0.717, 1.165) is 75.1 Å². The number of halogens is 6. The fourth-order valence-corrected chi connectivity index (χ4v) is 7.23. The number of rotatable bonds is 13. The monoisotopic (exact) mass is 934 g/mol. The van der Waals surface area contributed by atoms with E-state index in [1.807, 2.05) is 30.3 Å². The van der Waals surface area contributed by atoms with Crippen LogP contribution in [0.2, 0.25) is 0 Å². The van der Waals surface area contributed by atoms with E-state index in [1.165, 1.54) is 42.5 Å². The standard InChI is InChI=1S/C22H21F3N6O2.C13H16N6.C9H7F3O3/c23-22(24,25)33-18-6-2-1-4-16(18)13-21(32)27-19-7-8-20(30-29-19)31-11-9-15(14-31)12-17-5-3-10-26-28-17;14-12-3-4-13(18-17-12)19-7-5-10(9-19)8-11-2-1-6-15-16-11;10-9(11,12)15-7-4-2-1-3-6(7)5-8(13)14/h1-8,10,15H,9,11-14H2,(H,27,29,32);1-4,6,10H,5,7-9H2,(H2,14,17);1-4H,5H2,(H,13,14)/t15-;10-;/m00./s1. The Morgan fingerprint density at radius 3 is 1.55 bits per heavy atom. The highest BCUT2D eigenvalue weighted by Crippen LogP contribution is 2.29. The summed E-state index contributed by atoms with van der Waals surface area (Å²) in [7, 11) is 0. The van der Waals surface area contributed by atoms with E-state index in [4.69, 9.17) is 10.8 Å². The van der Waals surface area contributed by atoms with Crippen molar-refractivity contribution in [2.45, 2.75) is 51.2 Å². The van der Waals surface area contributed by atoms with Crippen LogP contribution < -0.4 is 30.3 Å². The zero-order valence-corrected chi connectivity index (χ0v) is 35.5. The summed E-state index contributed by atoms with van der Waals surface area (Å²) in [5, 5.41) is 43.3. The summed E-state index contributed by atoms with van der Waals surface area (Å²) in [4.78, 5) is 27.0. The van der Waals surface area contributed by atoms with Gasteiger partial charge in [-0.25, -0.2) is 0 Å². The first kappa shape index (κ1) is 48.7. The quantitative estimate of drug-likeness (QED) is 0.105. The van der Waals surface area contributed by atoms with Crippen LogP contribution in [0.3, 0.4) is 0 Å². The van der Waals surface area contributed by atoms with Gasteiger partial charge >= 0.3 is 18.7 Å². The number of ether oxygens (including phenoxy) is 2. The number of amides is 1. The average molecular weight is 935 g/mol. The van der Waals surface area contributed by atoms with Gasteiger partial charge in [0.2, 0.25) is 5.91 Å².